The first kappa shape index (κ1) is 14.0. The molecular weight excluding hydrogens is 381 g/mol. The molecule has 5 heteroatoms. The van der Waals surface area contributed by atoms with Gasteiger partial charge in [0.15, 0.2) is 0 Å². The monoisotopic (exact) mass is 389 g/mol. The van der Waals surface area contributed by atoms with Crippen molar-refractivity contribution in [1.29, 1.82) is 0 Å². The Kier molecular flexibility index (Phi) is 4.78. The van der Waals surface area contributed by atoms with Gasteiger partial charge in [-0.3, -0.25) is 4.98 Å². The Hall–Kier alpha value is -0.420. The molecule has 0 fully saturated rings. The van der Waals surface area contributed by atoms with Gasteiger partial charge in [-0.25, -0.2) is 0 Å². The van der Waals surface area contributed by atoms with Crippen LogP contribution in [-0.2, 0) is 6.42 Å². The summed E-state index contributed by atoms with van der Waals surface area (Å²) >= 11 is 12.7. The van der Waals surface area contributed by atoms with Crippen LogP contribution in [0.25, 0.3) is 0 Å². The van der Waals surface area contributed by atoms with E-state index in [2.05, 4.69) is 36.8 Å². The number of hydrogen-bond acceptors (Lipinski definition) is 2. The summed E-state index contributed by atoms with van der Waals surface area (Å²) in [5.74, 6) is 0. The van der Waals surface area contributed by atoms with E-state index in [9.17, 15) is 5.11 Å². The van der Waals surface area contributed by atoms with E-state index in [-0.39, 0.29) is 0 Å². The van der Waals surface area contributed by atoms with Gasteiger partial charge in [0.1, 0.15) is 0 Å². The zero-order valence-electron chi connectivity index (χ0n) is 9.28. The molecule has 2 rings (SSSR count). The summed E-state index contributed by atoms with van der Waals surface area (Å²) in [6.07, 6.45) is 3.33. The predicted octanol–water partition coefficient (Wildman–Crippen LogP) is 4.54. The van der Waals surface area contributed by atoms with Crippen LogP contribution in [0.4, 0.5) is 0 Å². The van der Waals surface area contributed by atoms with Gasteiger partial charge in [0.05, 0.1) is 6.10 Å². The largest absolute Gasteiger partial charge is 0.388 e. The molecule has 0 aliphatic heterocycles. The van der Waals surface area contributed by atoms with Gasteiger partial charge in [0.25, 0.3) is 0 Å². The fourth-order valence-electron chi connectivity index (χ4n) is 1.67. The van der Waals surface area contributed by atoms with E-state index >= 15 is 0 Å². The first-order valence-electron chi connectivity index (χ1n) is 5.28. The molecular formula is C13H10Br2ClNO. The average Bonchev–Trinajstić information content (AvgIpc) is 2.32. The topological polar surface area (TPSA) is 33.1 Å². The van der Waals surface area contributed by atoms with Crippen LogP contribution in [0.2, 0.25) is 5.02 Å². The first-order chi connectivity index (χ1) is 8.56. The predicted molar refractivity (Wildman–Crippen MR) is 79.8 cm³/mol. The number of pyridine rings is 1. The van der Waals surface area contributed by atoms with E-state index in [1.54, 1.807) is 24.5 Å². The molecule has 0 aliphatic rings. The lowest BCUT2D eigenvalue weighted by Gasteiger charge is -2.13. The molecule has 0 bridgehead atoms. The highest BCUT2D eigenvalue weighted by atomic mass is 79.9. The van der Waals surface area contributed by atoms with Gasteiger partial charge in [0.2, 0.25) is 0 Å². The van der Waals surface area contributed by atoms with Crippen LogP contribution in [0.3, 0.4) is 0 Å². The molecule has 1 unspecified atom stereocenters. The maximum absolute atomic E-state index is 10.2. The lowest BCUT2D eigenvalue weighted by atomic mass is 10.0. The van der Waals surface area contributed by atoms with E-state index in [4.69, 9.17) is 11.6 Å². The molecule has 0 spiro atoms. The molecule has 1 aromatic heterocycles. The zero-order valence-corrected chi connectivity index (χ0v) is 13.2. The van der Waals surface area contributed by atoms with Crippen molar-refractivity contribution in [2.24, 2.45) is 0 Å². The Morgan fingerprint density at radius 3 is 2.72 bits per heavy atom. The molecule has 0 saturated carbocycles. The van der Waals surface area contributed by atoms with Crippen molar-refractivity contribution in [3.05, 3.63) is 61.8 Å². The summed E-state index contributed by atoms with van der Waals surface area (Å²) in [4.78, 5) is 4.08. The minimum Gasteiger partial charge on any atom is -0.388 e. The third-order valence-electron chi connectivity index (χ3n) is 2.51. The summed E-state index contributed by atoms with van der Waals surface area (Å²) < 4.78 is 1.75. The van der Waals surface area contributed by atoms with Gasteiger partial charge in [0, 0.05) is 32.8 Å². The molecule has 0 radical (unpaired) electrons. The van der Waals surface area contributed by atoms with Crippen LogP contribution in [-0.4, -0.2) is 10.1 Å². The summed E-state index contributed by atoms with van der Waals surface area (Å²) in [6.45, 7) is 0. The van der Waals surface area contributed by atoms with Crippen molar-refractivity contribution in [2.75, 3.05) is 0 Å². The highest BCUT2D eigenvalue weighted by molar-refractivity contribution is 9.10. The summed E-state index contributed by atoms with van der Waals surface area (Å²) in [7, 11) is 0. The molecule has 0 saturated heterocycles. The SMILES string of the molecule is OC(Cc1cncc(Br)c1)c1cc(Cl)ccc1Br. The number of aliphatic hydroxyl groups is 1. The molecule has 0 amide bonds. The Morgan fingerprint density at radius 2 is 2.00 bits per heavy atom. The molecule has 2 aromatic rings. The maximum atomic E-state index is 10.2. The molecule has 1 atom stereocenters. The number of aromatic nitrogens is 1. The number of rotatable bonds is 3. The normalized spacial score (nSPS) is 12.4. The summed E-state index contributed by atoms with van der Waals surface area (Å²) in [6, 6.07) is 7.32. The van der Waals surface area contributed by atoms with Crippen molar-refractivity contribution < 1.29 is 5.11 Å². The fraction of sp³-hybridized carbons (Fsp3) is 0.154. The smallest absolute Gasteiger partial charge is 0.0842 e. The van der Waals surface area contributed by atoms with E-state index in [0.29, 0.717) is 11.4 Å². The number of benzene rings is 1. The van der Waals surface area contributed by atoms with Crippen molar-refractivity contribution in [1.82, 2.24) is 4.98 Å². The van der Waals surface area contributed by atoms with Crippen molar-refractivity contribution in [3.63, 3.8) is 0 Å². The van der Waals surface area contributed by atoms with Crippen molar-refractivity contribution in [2.45, 2.75) is 12.5 Å². The Balaban J connectivity index is 2.21. The first-order valence-corrected chi connectivity index (χ1v) is 7.25. The fourth-order valence-corrected chi connectivity index (χ4v) is 2.77. The van der Waals surface area contributed by atoms with Crippen LogP contribution in [0.1, 0.15) is 17.2 Å². The second-order valence-electron chi connectivity index (χ2n) is 3.90. The van der Waals surface area contributed by atoms with Crippen molar-refractivity contribution >= 4 is 43.5 Å². The summed E-state index contributed by atoms with van der Waals surface area (Å²) in [5.41, 5.74) is 1.74. The van der Waals surface area contributed by atoms with Gasteiger partial charge in [-0.2, -0.15) is 0 Å². The Labute approximate surface area is 127 Å². The zero-order chi connectivity index (χ0) is 13.1. The number of hydrogen-bond donors (Lipinski definition) is 1. The van der Waals surface area contributed by atoms with Gasteiger partial charge in [-0.15, -0.1) is 0 Å². The third kappa shape index (κ3) is 3.54. The molecule has 2 nitrogen and oxygen atoms in total. The lowest BCUT2D eigenvalue weighted by molar-refractivity contribution is 0.177. The lowest BCUT2D eigenvalue weighted by Crippen LogP contribution is -2.03. The highest BCUT2D eigenvalue weighted by Gasteiger charge is 2.13. The molecule has 1 N–H and O–H groups in total. The Morgan fingerprint density at radius 1 is 1.22 bits per heavy atom. The summed E-state index contributed by atoms with van der Waals surface area (Å²) in [5, 5.41) is 10.8. The van der Waals surface area contributed by atoms with E-state index in [1.807, 2.05) is 12.1 Å². The standard InChI is InChI=1S/C13H10Br2ClNO/c14-9-3-8(6-17-7-9)4-13(18)11-5-10(16)1-2-12(11)15/h1-3,5-7,13,18H,4H2. The number of nitrogens with zero attached hydrogens (tertiary/aromatic N) is 1. The van der Waals surface area contributed by atoms with Crippen LogP contribution < -0.4 is 0 Å². The van der Waals surface area contributed by atoms with Crippen LogP contribution in [0.15, 0.2) is 45.6 Å². The van der Waals surface area contributed by atoms with Crippen molar-refractivity contribution in [3.8, 4) is 0 Å². The maximum Gasteiger partial charge on any atom is 0.0842 e. The van der Waals surface area contributed by atoms with E-state index in [1.165, 1.54) is 0 Å². The van der Waals surface area contributed by atoms with Gasteiger partial charge in [-0.1, -0.05) is 27.5 Å². The minimum atomic E-state index is -0.617. The number of halogens is 3. The van der Waals surface area contributed by atoms with Gasteiger partial charge >= 0.3 is 0 Å². The van der Waals surface area contributed by atoms with E-state index in [0.717, 1.165) is 20.1 Å². The van der Waals surface area contributed by atoms with Crippen LogP contribution in [0.5, 0.6) is 0 Å². The molecule has 94 valence electrons. The second-order valence-corrected chi connectivity index (χ2v) is 6.10. The molecule has 18 heavy (non-hydrogen) atoms. The molecule has 1 heterocycles. The quantitative estimate of drug-likeness (QED) is 0.834. The van der Waals surface area contributed by atoms with Crippen LogP contribution >= 0.6 is 43.5 Å². The third-order valence-corrected chi connectivity index (χ3v) is 3.90. The van der Waals surface area contributed by atoms with E-state index < -0.39 is 6.10 Å². The average molecular weight is 391 g/mol. The Bertz CT molecular complexity index is 562. The number of aliphatic hydroxyl groups excluding tert-OH is 1. The van der Waals surface area contributed by atoms with Gasteiger partial charge in [-0.05, 0) is 51.3 Å². The molecule has 0 aliphatic carbocycles. The second kappa shape index (κ2) is 6.15. The molecule has 1 aromatic carbocycles. The minimum absolute atomic E-state index is 0.491. The highest BCUT2D eigenvalue weighted by Crippen LogP contribution is 2.29. The van der Waals surface area contributed by atoms with Gasteiger partial charge < -0.3 is 5.11 Å². The van der Waals surface area contributed by atoms with Crippen LogP contribution in [0, 0.1) is 0 Å².